The summed E-state index contributed by atoms with van der Waals surface area (Å²) < 4.78 is 28.3. The Morgan fingerprint density at radius 2 is 1.92 bits per heavy atom. The molecule has 142 valence electrons. The first kappa shape index (κ1) is 21.7. The van der Waals surface area contributed by atoms with E-state index in [4.69, 9.17) is 10.5 Å². The van der Waals surface area contributed by atoms with Crippen molar-refractivity contribution in [3.05, 3.63) is 24.3 Å². The van der Waals surface area contributed by atoms with Gasteiger partial charge in [-0.2, -0.15) is 0 Å². The van der Waals surface area contributed by atoms with Gasteiger partial charge in [-0.1, -0.05) is 0 Å². The molecule has 0 spiro atoms. The van der Waals surface area contributed by atoms with Gasteiger partial charge < -0.3 is 15.8 Å². The average molecular weight is 391 g/mol. The third-order valence-corrected chi connectivity index (χ3v) is 5.24. The zero-order chi connectivity index (χ0) is 17.6. The molecule has 1 fully saturated rings. The van der Waals surface area contributed by atoms with Gasteiger partial charge in [0.15, 0.2) is 9.84 Å². The van der Waals surface area contributed by atoms with E-state index >= 15 is 0 Å². The van der Waals surface area contributed by atoms with E-state index in [1.165, 1.54) is 18.4 Å². The van der Waals surface area contributed by atoms with E-state index in [0.29, 0.717) is 31.2 Å². The van der Waals surface area contributed by atoms with Crippen molar-refractivity contribution in [2.75, 3.05) is 19.4 Å². The molecule has 0 aliphatic heterocycles. The first-order chi connectivity index (χ1) is 11.4. The molecular formula is C17H27ClN2O4S. The molecular weight excluding hydrogens is 364 g/mol. The van der Waals surface area contributed by atoms with E-state index in [2.05, 4.69) is 5.32 Å². The Hall–Kier alpha value is -1.31. The topological polar surface area (TPSA) is 98.5 Å². The first-order valence-electron chi connectivity index (χ1n) is 8.32. The average Bonchev–Trinajstić information content (AvgIpc) is 3.36. The third kappa shape index (κ3) is 7.63. The lowest BCUT2D eigenvalue weighted by atomic mass is 10.1. The van der Waals surface area contributed by atoms with Crippen LogP contribution in [0.1, 0.15) is 32.1 Å². The molecule has 6 nitrogen and oxygen atoms in total. The highest BCUT2D eigenvalue weighted by molar-refractivity contribution is 7.90. The summed E-state index contributed by atoms with van der Waals surface area (Å²) in [6.07, 6.45) is 5.47. The van der Waals surface area contributed by atoms with Crippen molar-refractivity contribution in [1.29, 1.82) is 0 Å². The monoisotopic (exact) mass is 390 g/mol. The largest absolute Gasteiger partial charge is 0.494 e. The van der Waals surface area contributed by atoms with Crippen molar-refractivity contribution in [2.24, 2.45) is 11.7 Å². The number of sulfone groups is 1. The molecule has 0 heterocycles. The van der Waals surface area contributed by atoms with Crippen LogP contribution in [0.15, 0.2) is 29.2 Å². The number of benzene rings is 1. The van der Waals surface area contributed by atoms with Crippen LogP contribution in [-0.4, -0.2) is 39.8 Å². The fourth-order valence-corrected chi connectivity index (χ4v) is 3.14. The Kier molecular flexibility index (Phi) is 8.68. The van der Waals surface area contributed by atoms with Crippen LogP contribution in [-0.2, 0) is 14.6 Å². The normalized spacial score (nSPS) is 15.1. The van der Waals surface area contributed by atoms with Crippen LogP contribution >= 0.6 is 12.4 Å². The summed E-state index contributed by atoms with van der Waals surface area (Å²) in [5.74, 6) is 1.25. The number of nitrogens with one attached hydrogen (secondary N) is 1. The second-order valence-electron chi connectivity index (χ2n) is 6.30. The van der Waals surface area contributed by atoms with Gasteiger partial charge in [-0.05, 0) is 55.9 Å². The number of hydrogen-bond donors (Lipinski definition) is 2. The molecule has 1 atom stereocenters. The number of nitrogens with two attached hydrogens (primary N) is 1. The van der Waals surface area contributed by atoms with E-state index in [9.17, 15) is 13.2 Å². The molecule has 1 aromatic rings. The highest BCUT2D eigenvalue weighted by Gasteiger charge is 2.30. The van der Waals surface area contributed by atoms with Gasteiger partial charge in [0.25, 0.3) is 0 Å². The minimum atomic E-state index is -3.18. The van der Waals surface area contributed by atoms with Gasteiger partial charge in [0.1, 0.15) is 5.75 Å². The summed E-state index contributed by atoms with van der Waals surface area (Å²) in [6.45, 7) is 0.997. The number of carbonyl (C=O) groups is 1. The van der Waals surface area contributed by atoms with Crippen molar-refractivity contribution >= 4 is 28.2 Å². The van der Waals surface area contributed by atoms with Crippen LogP contribution in [0.2, 0.25) is 0 Å². The first-order valence-corrected chi connectivity index (χ1v) is 10.2. The Bertz CT molecular complexity index is 645. The highest BCUT2D eigenvalue weighted by Crippen LogP contribution is 2.32. The predicted molar refractivity (Wildman–Crippen MR) is 99.9 cm³/mol. The molecule has 0 bridgehead atoms. The Balaban J connectivity index is 0.00000312. The van der Waals surface area contributed by atoms with E-state index < -0.39 is 9.84 Å². The van der Waals surface area contributed by atoms with Crippen molar-refractivity contribution < 1.29 is 17.9 Å². The molecule has 1 aromatic carbocycles. The number of halogens is 1. The van der Waals surface area contributed by atoms with Crippen molar-refractivity contribution in [1.82, 2.24) is 5.32 Å². The zero-order valence-electron chi connectivity index (χ0n) is 14.4. The lowest BCUT2D eigenvalue weighted by Gasteiger charge is -2.15. The molecule has 1 amide bonds. The van der Waals surface area contributed by atoms with Crippen LogP contribution in [0.25, 0.3) is 0 Å². The standard InChI is InChI=1S/C17H26N2O4S.ClH/c1-24(21,22)15-9-7-14(8-10-15)23-11-3-2-4-17(20)19-16(12-18)13-5-6-13;/h7-10,13,16H,2-6,11-12,18H2,1H3,(H,19,20);1H. The molecule has 0 aromatic heterocycles. The van der Waals surface area contributed by atoms with Gasteiger partial charge >= 0.3 is 0 Å². The molecule has 1 unspecified atom stereocenters. The molecule has 2 rings (SSSR count). The maximum absolute atomic E-state index is 11.8. The molecule has 8 heteroatoms. The Morgan fingerprint density at radius 3 is 2.44 bits per heavy atom. The maximum Gasteiger partial charge on any atom is 0.220 e. The smallest absolute Gasteiger partial charge is 0.220 e. The highest BCUT2D eigenvalue weighted by atomic mass is 35.5. The van der Waals surface area contributed by atoms with Gasteiger partial charge in [0.2, 0.25) is 5.91 Å². The lowest BCUT2D eigenvalue weighted by Crippen LogP contribution is -2.41. The van der Waals surface area contributed by atoms with E-state index in [0.717, 1.165) is 25.7 Å². The Morgan fingerprint density at radius 1 is 1.28 bits per heavy atom. The van der Waals surface area contributed by atoms with Crippen LogP contribution in [0.5, 0.6) is 5.75 Å². The summed E-state index contributed by atoms with van der Waals surface area (Å²) in [6, 6.07) is 6.48. The number of unbranched alkanes of at least 4 members (excludes halogenated alkanes) is 1. The van der Waals surface area contributed by atoms with Crippen molar-refractivity contribution in [3.63, 3.8) is 0 Å². The number of amides is 1. The van der Waals surface area contributed by atoms with E-state index in [1.54, 1.807) is 12.1 Å². The summed E-state index contributed by atoms with van der Waals surface area (Å²) >= 11 is 0. The molecule has 3 N–H and O–H groups in total. The zero-order valence-corrected chi connectivity index (χ0v) is 16.1. The second kappa shape index (κ2) is 9.99. The van der Waals surface area contributed by atoms with Crippen LogP contribution < -0.4 is 15.8 Å². The molecule has 0 saturated heterocycles. The van der Waals surface area contributed by atoms with Gasteiger partial charge in [-0.15, -0.1) is 12.4 Å². The van der Waals surface area contributed by atoms with Gasteiger partial charge in [0, 0.05) is 25.3 Å². The van der Waals surface area contributed by atoms with Gasteiger partial charge in [0.05, 0.1) is 11.5 Å². The lowest BCUT2D eigenvalue weighted by molar-refractivity contribution is -0.122. The molecule has 1 aliphatic rings. The molecule has 1 aliphatic carbocycles. The SMILES string of the molecule is CS(=O)(=O)c1ccc(OCCCCC(=O)NC(CN)C2CC2)cc1.Cl. The fraction of sp³-hybridized carbons (Fsp3) is 0.588. The van der Waals surface area contributed by atoms with Crippen LogP contribution in [0.3, 0.4) is 0 Å². The quantitative estimate of drug-likeness (QED) is 0.594. The summed E-state index contributed by atoms with van der Waals surface area (Å²) in [4.78, 5) is 12.1. The predicted octanol–water partition coefficient (Wildman–Crippen LogP) is 1.91. The van der Waals surface area contributed by atoms with Crippen molar-refractivity contribution in [3.8, 4) is 5.75 Å². The van der Waals surface area contributed by atoms with Gasteiger partial charge in [-0.3, -0.25) is 4.79 Å². The van der Waals surface area contributed by atoms with E-state index in [1.807, 2.05) is 0 Å². The molecule has 0 radical (unpaired) electrons. The third-order valence-electron chi connectivity index (χ3n) is 4.11. The minimum absolute atomic E-state index is 0. The van der Waals surface area contributed by atoms with Crippen molar-refractivity contribution in [2.45, 2.75) is 43.0 Å². The fourth-order valence-electron chi connectivity index (χ4n) is 2.51. The maximum atomic E-state index is 11.8. The number of hydrogen-bond acceptors (Lipinski definition) is 5. The number of ether oxygens (including phenoxy) is 1. The van der Waals surface area contributed by atoms with Gasteiger partial charge in [-0.25, -0.2) is 8.42 Å². The minimum Gasteiger partial charge on any atom is -0.494 e. The summed E-state index contributed by atoms with van der Waals surface area (Å²) in [5.41, 5.74) is 5.67. The molecule has 25 heavy (non-hydrogen) atoms. The number of carbonyl (C=O) groups excluding carboxylic acids is 1. The van der Waals surface area contributed by atoms with Crippen LogP contribution in [0.4, 0.5) is 0 Å². The summed E-state index contributed by atoms with van der Waals surface area (Å²) in [5, 5.41) is 3.00. The second-order valence-corrected chi connectivity index (χ2v) is 8.31. The molecule has 1 saturated carbocycles. The summed E-state index contributed by atoms with van der Waals surface area (Å²) in [7, 11) is -3.18. The number of rotatable bonds is 10. The van der Waals surface area contributed by atoms with E-state index in [-0.39, 0.29) is 29.3 Å². The van der Waals surface area contributed by atoms with Crippen LogP contribution in [0, 0.1) is 5.92 Å². The Labute approximate surface area is 155 Å².